The molecule has 0 aromatic heterocycles. The maximum absolute atomic E-state index is 12.5. The normalized spacial score (nSPS) is 15.2. The number of hydrogen-bond donors (Lipinski definition) is 2. The summed E-state index contributed by atoms with van der Waals surface area (Å²) in [4.78, 5) is 28.6. The number of thioether (sulfide) groups is 1. The molecule has 0 unspecified atom stereocenters. The standard InChI is InChI=1S/C27H23BrN2O5S/c1-3-16-6-10-20(11-7-16)29-27-30-25(31)23(36-27)14-18-12-21(28)24(22(13-18)34-2)35-15-17-4-8-19(9-5-17)26(32)33/h4-14H,3,15H2,1-2H3,(H,32,33)(H,29,30,31). The number of carbonyl (C=O) groups excluding carboxylic acids is 1. The van der Waals surface area contributed by atoms with Gasteiger partial charge in [-0.15, -0.1) is 0 Å². The van der Waals surface area contributed by atoms with Crippen molar-refractivity contribution in [1.82, 2.24) is 5.32 Å². The van der Waals surface area contributed by atoms with Crippen LogP contribution in [0.4, 0.5) is 5.69 Å². The van der Waals surface area contributed by atoms with E-state index in [1.165, 1.54) is 29.5 Å². The molecule has 7 nitrogen and oxygen atoms in total. The lowest BCUT2D eigenvalue weighted by Crippen LogP contribution is -2.19. The Balaban J connectivity index is 1.49. The minimum Gasteiger partial charge on any atom is -0.493 e. The van der Waals surface area contributed by atoms with E-state index < -0.39 is 5.97 Å². The molecule has 1 aliphatic heterocycles. The smallest absolute Gasteiger partial charge is 0.335 e. The van der Waals surface area contributed by atoms with Crippen LogP contribution in [0.25, 0.3) is 6.08 Å². The number of nitrogens with zero attached hydrogens (tertiary/aromatic N) is 1. The molecule has 1 aliphatic rings. The van der Waals surface area contributed by atoms with Crippen LogP contribution < -0.4 is 14.8 Å². The molecule has 0 atom stereocenters. The van der Waals surface area contributed by atoms with Gasteiger partial charge in [0, 0.05) is 0 Å². The molecule has 0 bridgehead atoms. The van der Waals surface area contributed by atoms with Gasteiger partial charge in [0.2, 0.25) is 0 Å². The number of carbonyl (C=O) groups is 2. The molecule has 3 aromatic rings. The van der Waals surface area contributed by atoms with Crippen LogP contribution in [-0.2, 0) is 17.8 Å². The number of carboxylic acid groups (broad SMARTS) is 1. The first-order chi connectivity index (χ1) is 17.4. The number of aryl methyl sites for hydroxylation is 1. The predicted octanol–water partition coefficient (Wildman–Crippen LogP) is 6.19. The molecule has 3 aromatic carbocycles. The minimum atomic E-state index is -0.977. The summed E-state index contributed by atoms with van der Waals surface area (Å²) in [6.07, 6.45) is 2.72. The summed E-state index contributed by atoms with van der Waals surface area (Å²) < 4.78 is 12.1. The van der Waals surface area contributed by atoms with Crippen molar-refractivity contribution < 1.29 is 24.2 Å². The lowest BCUT2D eigenvalue weighted by molar-refractivity contribution is -0.115. The lowest BCUT2D eigenvalue weighted by Gasteiger charge is -2.14. The van der Waals surface area contributed by atoms with E-state index >= 15 is 0 Å². The third kappa shape index (κ3) is 6.16. The van der Waals surface area contributed by atoms with Crippen molar-refractivity contribution in [3.05, 3.63) is 92.3 Å². The highest BCUT2D eigenvalue weighted by Gasteiger charge is 2.24. The molecular formula is C27H23BrN2O5S. The first-order valence-corrected chi connectivity index (χ1v) is 12.7. The Bertz CT molecular complexity index is 1350. The molecule has 184 valence electrons. The number of hydrogen-bond acceptors (Lipinski definition) is 6. The quantitative estimate of drug-likeness (QED) is 0.315. The van der Waals surface area contributed by atoms with Crippen molar-refractivity contribution in [2.75, 3.05) is 7.11 Å². The highest BCUT2D eigenvalue weighted by molar-refractivity contribution is 9.10. The highest BCUT2D eigenvalue weighted by atomic mass is 79.9. The fraction of sp³-hybridized carbons (Fsp3) is 0.148. The van der Waals surface area contributed by atoms with Crippen molar-refractivity contribution >= 4 is 56.5 Å². The highest BCUT2D eigenvalue weighted by Crippen LogP contribution is 2.39. The molecule has 0 saturated carbocycles. The Morgan fingerprint density at radius 3 is 2.44 bits per heavy atom. The van der Waals surface area contributed by atoms with Crippen molar-refractivity contribution in [2.24, 2.45) is 4.99 Å². The fourth-order valence-corrected chi connectivity index (χ4v) is 4.83. The average molecular weight is 567 g/mol. The fourth-order valence-electron chi connectivity index (χ4n) is 3.42. The molecule has 0 spiro atoms. The number of methoxy groups -OCH3 is 1. The van der Waals surface area contributed by atoms with Gasteiger partial charge in [-0.05, 0) is 93.3 Å². The van der Waals surface area contributed by atoms with Crippen LogP contribution in [0, 0.1) is 0 Å². The summed E-state index contributed by atoms with van der Waals surface area (Å²) in [5.41, 5.74) is 3.79. The average Bonchev–Trinajstić information content (AvgIpc) is 3.21. The van der Waals surface area contributed by atoms with E-state index in [1.54, 1.807) is 31.4 Å². The van der Waals surface area contributed by atoms with Crippen LogP contribution in [0.2, 0.25) is 0 Å². The number of aromatic carboxylic acids is 1. The SMILES string of the molecule is CCc1ccc(N=C2NC(=O)C(=Cc3cc(Br)c(OCc4ccc(C(=O)O)cc4)c(OC)c3)S2)cc1. The molecular weight excluding hydrogens is 544 g/mol. The number of amidine groups is 1. The number of nitrogens with one attached hydrogen (secondary N) is 1. The molecule has 0 aliphatic carbocycles. The summed E-state index contributed by atoms with van der Waals surface area (Å²) in [5, 5.41) is 12.4. The van der Waals surface area contributed by atoms with Gasteiger partial charge in [-0.1, -0.05) is 31.2 Å². The van der Waals surface area contributed by atoms with E-state index in [-0.39, 0.29) is 18.1 Å². The Kier molecular flexibility index (Phi) is 8.12. The molecule has 0 radical (unpaired) electrons. The number of aliphatic imine (C=N–C) groups is 1. The van der Waals surface area contributed by atoms with Gasteiger partial charge < -0.3 is 19.9 Å². The third-order valence-corrected chi connectivity index (χ3v) is 6.86. The van der Waals surface area contributed by atoms with Crippen molar-refractivity contribution in [1.29, 1.82) is 0 Å². The van der Waals surface area contributed by atoms with Gasteiger partial charge >= 0.3 is 5.97 Å². The van der Waals surface area contributed by atoms with Gasteiger partial charge in [-0.25, -0.2) is 9.79 Å². The molecule has 1 heterocycles. The number of halogens is 1. The number of benzene rings is 3. The zero-order chi connectivity index (χ0) is 25.7. The van der Waals surface area contributed by atoms with Gasteiger partial charge in [0.05, 0.1) is 27.7 Å². The first kappa shape index (κ1) is 25.5. The van der Waals surface area contributed by atoms with Crippen molar-refractivity contribution in [3.63, 3.8) is 0 Å². The van der Waals surface area contributed by atoms with Crippen LogP contribution in [0.1, 0.15) is 34.0 Å². The van der Waals surface area contributed by atoms with Gasteiger partial charge in [0.1, 0.15) is 6.61 Å². The molecule has 9 heteroatoms. The number of amides is 1. The summed E-state index contributed by atoms with van der Waals surface area (Å²) >= 11 is 4.81. The first-order valence-electron chi connectivity index (χ1n) is 11.1. The molecule has 1 saturated heterocycles. The van der Waals surface area contributed by atoms with Gasteiger partial charge in [0.15, 0.2) is 16.7 Å². The van der Waals surface area contributed by atoms with Crippen LogP contribution in [0.5, 0.6) is 11.5 Å². The predicted molar refractivity (Wildman–Crippen MR) is 145 cm³/mol. The number of carboxylic acids is 1. The topological polar surface area (TPSA) is 97.2 Å². The molecule has 36 heavy (non-hydrogen) atoms. The number of ether oxygens (including phenoxy) is 2. The summed E-state index contributed by atoms with van der Waals surface area (Å²) in [5.74, 6) is -0.200. The molecule has 1 amide bonds. The second kappa shape index (κ2) is 11.5. The monoisotopic (exact) mass is 566 g/mol. The van der Waals surface area contributed by atoms with Crippen molar-refractivity contribution in [2.45, 2.75) is 20.0 Å². The van der Waals surface area contributed by atoms with Crippen LogP contribution in [-0.4, -0.2) is 29.3 Å². The van der Waals surface area contributed by atoms with E-state index in [2.05, 4.69) is 33.2 Å². The summed E-state index contributed by atoms with van der Waals surface area (Å²) in [6, 6.07) is 18.0. The maximum Gasteiger partial charge on any atom is 0.335 e. The van der Waals surface area contributed by atoms with E-state index in [1.807, 2.05) is 30.3 Å². The van der Waals surface area contributed by atoms with E-state index in [9.17, 15) is 9.59 Å². The van der Waals surface area contributed by atoms with Crippen molar-refractivity contribution in [3.8, 4) is 11.5 Å². The Labute approximate surface area is 221 Å². The summed E-state index contributed by atoms with van der Waals surface area (Å²) in [7, 11) is 1.54. The second-order valence-corrected chi connectivity index (χ2v) is 9.71. The van der Waals surface area contributed by atoms with E-state index in [4.69, 9.17) is 14.6 Å². The van der Waals surface area contributed by atoms with Crippen LogP contribution in [0.15, 0.2) is 75.0 Å². The van der Waals surface area contributed by atoms with Gasteiger partial charge in [-0.2, -0.15) is 0 Å². The molecule has 1 fully saturated rings. The van der Waals surface area contributed by atoms with E-state index in [0.29, 0.717) is 26.0 Å². The molecule has 2 N–H and O–H groups in total. The third-order valence-electron chi connectivity index (χ3n) is 5.36. The zero-order valence-electron chi connectivity index (χ0n) is 19.6. The van der Waals surface area contributed by atoms with E-state index in [0.717, 1.165) is 23.2 Å². The molecule has 4 rings (SSSR count). The van der Waals surface area contributed by atoms with Gasteiger partial charge in [-0.3, -0.25) is 4.79 Å². The van der Waals surface area contributed by atoms with Crippen LogP contribution in [0.3, 0.4) is 0 Å². The largest absolute Gasteiger partial charge is 0.493 e. The number of rotatable bonds is 8. The van der Waals surface area contributed by atoms with Crippen LogP contribution >= 0.6 is 27.7 Å². The minimum absolute atomic E-state index is 0.214. The Morgan fingerprint density at radius 2 is 1.81 bits per heavy atom. The second-order valence-electron chi connectivity index (χ2n) is 7.83. The zero-order valence-corrected chi connectivity index (χ0v) is 22.0. The summed E-state index contributed by atoms with van der Waals surface area (Å²) in [6.45, 7) is 2.32. The lowest BCUT2D eigenvalue weighted by atomic mass is 10.1. The maximum atomic E-state index is 12.5. The Hall–Kier alpha value is -3.56. The Morgan fingerprint density at radius 1 is 1.11 bits per heavy atom. The van der Waals surface area contributed by atoms with Gasteiger partial charge in [0.25, 0.3) is 5.91 Å².